The lowest BCUT2D eigenvalue weighted by Crippen LogP contribution is -2.42. The summed E-state index contributed by atoms with van der Waals surface area (Å²) >= 11 is 0. The maximum atomic E-state index is 12.0. The number of nitrogens with zero attached hydrogens (tertiary/aromatic N) is 2. The molecule has 1 saturated heterocycles. The van der Waals surface area contributed by atoms with Crippen molar-refractivity contribution in [3.05, 3.63) is 35.4 Å². The van der Waals surface area contributed by atoms with Gasteiger partial charge < -0.3 is 9.80 Å². The summed E-state index contributed by atoms with van der Waals surface area (Å²) in [4.78, 5) is 4.72. The zero-order chi connectivity index (χ0) is 16.5. The molecule has 0 aromatic heterocycles. The molecule has 5 heteroatoms. The standard InChI is InChI=1S/C8H7F3.C6H14N2.C2H6/c1-6-3-2-4-7(5-6)8(9,10)11;1-7-3-5-8(2)6-4-7;1-2/h2-5H,1H3;3-6H2,1-2H3;1-2H3. The molecule has 21 heavy (non-hydrogen) atoms. The van der Waals surface area contributed by atoms with Crippen LogP contribution in [-0.4, -0.2) is 50.1 Å². The summed E-state index contributed by atoms with van der Waals surface area (Å²) in [7, 11) is 4.35. The minimum Gasteiger partial charge on any atom is -0.304 e. The van der Waals surface area contributed by atoms with Crippen LogP contribution >= 0.6 is 0 Å². The molecule has 2 nitrogen and oxygen atoms in total. The van der Waals surface area contributed by atoms with Crippen molar-refractivity contribution in [3.63, 3.8) is 0 Å². The van der Waals surface area contributed by atoms with Crippen molar-refractivity contribution in [1.82, 2.24) is 9.80 Å². The van der Waals surface area contributed by atoms with E-state index in [1.54, 1.807) is 13.0 Å². The fourth-order valence-electron chi connectivity index (χ4n) is 1.73. The molecule has 0 bridgehead atoms. The fourth-order valence-corrected chi connectivity index (χ4v) is 1.73. The molecule has 0 unspecified atom stereocenters. The Morgan fingerprint density at radius 3 is 1.62 bits per heavy atom. The Morgan fingerprint density at radius 1 is 0.905 bits per heavy atom. The summed E-state index contributed by atoms with van der Waals surface area (Å²) in [6.45, 7) is 10.6. The summed E-state index contributed by atoms with van der Waals surface area (Å²) in [5.41, 5.74) is 0.0392. The van der Waals surface area contributed by atoms with Gasteiger partial charge in [0.15, 0.2) is 0 Å². The molecule has 2 rings (SSSR count). The van der Waals surface area contributed by atoms with Crippen LogP contribution in [0.3, 0.4) is 0 Å². The monoisotopic (exact) mass is 304 g/mol. The van der Waals surface area contributed by atoms with Crippen molar-refractivity contribution in [1.29, 1.82) is 0 Å². The van der Waals surface area contributed by atoms with Crippen molar-refractivity contribution in [2.45, 2.75) is 26.9 Å². The molecule has 0 N–H and O–H groups in total. The lowest BCUT2D eigenvalue weighted by atomic mass is 10.1. The van der Waals surface area contributed by atoms with E-state index in [0.717, 1.165) is 12.1 Å². The molecule has 1 fully saturated rings. The maximum Gasteiger partial charge on any atom is 0.416 e. The molecular weight excluding hydrogens is 277 g/mol. The van der Waals surface area contributed by atoms with Gasteiger partial charge in [-0.1, -0.05) is 37.6 Å². The lowest BCUT2D eigenvalue weighted by molar-refractivity contribution is -0.137. The first-order chi connectivity index (χ1) is 9.79. The van der Waals surface area contributed by atoms with Crippen LogP contribution in [0.25, 0.3) is 0 Å². The van der Waals surface area contributed by atoms with Crippen molar-refractivity contribution in [2.24, 2.45) is 0 Å². The van der Waals surface area contributed by atoms with E-state index in [1.165, 1.54) is 32.2 Å². The van der Waals surface area contributed by atoms with E-state index >= 15 is 0 Å². The molecule has 1 aromatic carbocycles. The Balaban J connectivity index is 0.000000354. The predicted octanol–water partition coefficient (Wildman–Crippen LogP) is 3.90. The van der Waals surface area contributed by atoms with E-state index in [1.807, 2.05) is 13.8 Å². The average Bonchev–Trinajstić information content (AvgIpc) is 2.44. The van der Waals surface area contributed by atoms with Crippen molar-refractivity contribution in [3.8, 4) is 0 Å². The Labute approximate surface area is 126 Å². The normalized spacial score (nSPS) is 16.4. The van der Waals surface area contributed by atoms with E-state index in [0.29, 0.717) is 5.56 Å². The Bertz CT molecular complexity index is 373. The number of aryl methyl sites for hydroxylation is 1. The first-order valence-electron chi connectivity index (χ1n) is 7.30. The number of hydrogen-bond donors (Lipinski definition) is 0. The SMILES string of the molecule is CC.CN1CCN(C)CC1.Cc1cccc(C(F)(F)F)c1. The molecule has 0 radical (unpaired) electrons. The average molecular weight is 304 g/mol. The van der Waals surface area contributed by atoms with Gasteiger partial charge in [0, 0.05) is 26.2 Å². The van der Waals surface area contributed by atoms with E-state index in [4.69, 9.17) is 0 Å². The van der Waals surface area contributed by atoms with Crippen LogP contribution < -0.4 is 0 Å². The van der Waals surface area contributed by atoms with Crippen LogP contribution in [0.4, 0.5) is 13.2 Å². The van der Waals surface area contributed by atoms with E-state index < -0.39 is 11.7 Å². The van der Waals surface area contributed by atoms with Gasteiger partial charge in [-0.25, -0.2) is 0 Å². The van der Waals surface area contributed by atoms with Gasteiger partial charge in [-0.15, -0.1) is 0 Å². The number of piperazine rings is 1. The van der Waals surface area contributed by atoms with Gasteiger partial charge >= 0.3 is 6.18 Å². The first kappa shape index (κ1) is 19.9. The number of benzene rings is 1. The topological polar surface area (TPSA) is 6.48 Å². The molecular formula is C16H27F3N2. The van der Waals surface area contributed by atoms with Crippen LogP contribution in [0.5, 0.6) is 0 Å². The Morgan fingerprint density at radius 2 is 1.33 bits per heavy atom. The fraction of sp³-hybridized carbons (Fsp3) is 0.625. The number of halogens is 3. The molecule has 1 aliphatic rings. The van der Waals surface area contributed by atoms with Crippen LogP contribution in [-0.2, 0) is 6.18 Å². The number of likely N-dealkylation sites (N-methyl/N-ethyl adjacent to an activating group) is 2. The van der Waals surface area contributed by atoms with Crippen molar-refractivity contribution >= 4 is 0 Å². The van der Waals surface area contributed by atoms with Crippen LogP contribution in [0.15, 0.2) is 24.3 Å². The van der Waals surface area contributed by atoms with Gasteiger partial charge in [0.2, 0.25) is 0 Å². The highest BCUT2D eigenvalue weighted by molar-refractivity contribution is 5.24. The summed E-state index contributed by atoms with van der Waals surface area (Å²) in [6, 6.07) is 5.22. The van der Waals surface area contributed by atoms with E-state index in [-0.39, 0.29) is 0 Å². The minimum absolute atomic E-state index is 0.586. The van der Waals surface area contributed by atoms with Gasteiger partial charge in [-0.3, -0.25) is 0 Å². The quantitative estimate of drug-likeness (QED) is 0.717. The van der Waals surface area contributed by atoms with E-state index in [9.17, 15) is 13.2 Å². The largest absolute Gasteiger partial charge is 0.416 e. The second-order valence-corrected chi connectivity index (χ2v) is 4.97. The van der Waals surface area contributed by atoms with Crippen LogP contribution in [0, 0.1) is 6.92 Å². The molecule has 0 spiro atoms. The highest BCUT2D eigenvalue weighted by atomic mass is 19.4. The van der Waals surface area contributed by atoms with Gasteiger partial charge in [-0.2, -0.15) is 13.2 Å². The first-order valence-corrected chi connectivity index (χ1v) is 7.30. The zero-order valence-electron chi connectivity index (χ0n) is 13.7. The van der Waals surface area contributed by atoms with Gasteiger partial charge in [0.25, 0.3) is 0 Å². The van der Waals surface area contributed by atoms with Crippen LogP contribution in [0.2, 0.25) is 0 Å². The smallest absolute Gasteiger partial charge is 0.304 e. The number of hydrogen-bond acceptors (Lipinski definition) is 2. The lowest BCUT2D eigenvalue weighted by Gasteiger charge is -2.28. The second-order valence-electron chi connectivity index (χ2n) is 4.97. The third-order valence-electron chi connectivity index (χ3n) is 3.07. The third kappa shape index (κ3) is 8.73. The number of rotatable bonds is 0. The minimum atomic E-state index is -4.22. The highest BCUT2D eigenvalue weighted by Gasteiger charge is 2.29. The third-order valence-corrected chi connectivity index (χ3v) is 3.07. The summed E-state index contributed by atoms with van der Waals surface area (Å²) in [6.07, 6.45) is -4.22. The molecule has 0 aliphatic carbocycles. The molecule has 0 atom stereocenters. The maximum absolute atomic E-state index is 12.0. The summed E-state index contributed by atoms with van der Waals surface area (Å²) in [5, 5.41) is 0. The zero-order valence-corrected chi connectivity index (χ0v) is 13.7. The Kier molecular flexibility index (Phi) is 9.29. The van der Waals surface area contributed by atoms with Gasteiger partial charge in [0.1, 0.15) is 0 Å². The highest BCUT2D eigenvalue weighted by Crippen LogP contribution is 2.29. The Hall–Kier alpha value is -1.07. The molecule has 0 amide bonds. The van der Waals surface area contributed by atoms with Gasteiger partial charge in [0.05, 0.1) is 5.56 Å². The second kappa shape index (κ2) is 9.79. The van der Waals surface area contributed by atoms with Gasteiger partial charge in [-0.05, 0) is 27.1 Å². The molecule has 0 saturated carbocycles. The number of alkyl halides is 3. The summed E-state index contributed by atoms with van der Waals surface area (Å²) < 4.78 is 35.9. The molecule has 1 aliphatic heterocycles. The summed E-state index contributed by atoms with van der Waals surface area (Å²) in [5.74, 6) is 0. The molecule has 1 aromatic rings. The predicted molar refractivity (Wildman–Crippen MR) is 82.5 cm³/mol. The molecule has 1 heterocycles. The molecule has 122 valence electrons. The van der Waals surface area contributed by atoms with Crippen molar-refractivity contribution < 1.29 is 13.2 Å². The van der Waals surface area contributed by atoms with Crippen molar-refractivity contribution in [2.75, 3.05) is 40.3 Å². The van der Waals surface area contributed by atoms with Crippen LogP contribution in [0.1, 0.15) is 25.0 Å². The van der Waals surface area contributed by atoms with E-state index in [2.05, 4.69) is 23.9 Å².